The molecule has 0 saturated carbocycles. The van der Waals surface area contributed by atoms with Gasteiger partial charge in [-0.3, -0.25) is 9.48 Å². The minimum Gasteiger partial charge on any atom is -0.479 e. The minimum atomic E-state index is -0.219. The van der Waals surface area contributed by atoms with E-state index in [0.29, 0.717) is 18.0 Å². The van der Waals surface area contributed by atoms with Crippen molar-refractivity contribution in [3.63, 3.8) is 0 Å². The number of methoxy groups -OCH3 is 1. The first-order valence-electron chi connectivity index (χ1n) is 5.93. The van der Waals surface area contributed by atoms with Crippen LogP contribution >= 0.6 is 0 Å². The van der Waals surface area contributed by atoms with Crippen LogP contribution in [0.3, 0.4) is 0 Å². The Morgan fingerprint density at radius 2 is 2.26 bits per heavy atom. The molecule has 6 heteroatoms. The van der Waals surface area contributed by atoms with Crippen molar-refractivity contribution in [2.45, 2.75) is 20.4 Å². The number of rotatable bonds is 4. The Bertz CT molecular complexity index is 598. The molecule has 0 spiro atoms. The zero-order valence-electron chi connectivity index (χ0n) is 11.5. The van der Waals surface area contributed by atoms with Gasteiger partial charge in [0.25, 0.3) is 5.91 Å². The van der Waals surface area contributed by atoms with Crippen LogP contribution in [0.2, 0.25) is 0 Å². The fourth-order valence-electron chi connectivity index (χ4n) is 1.90. The van der Waals surface area contributed by atoms with Gasteiger partial charge in [-0.2, -0.15) is 0 Å². The van der Waals surface area contributed by atoms with Crippen LogP contribution in [0, 0.1) is 13.8 Å². The Labute approximate surface area is 111 Å². The van der Waals surface area contributed by atoms with Gasteiger partial charge in [0.05, 0.1) is 7.11 Å². The molecule has 2 aromatic heterocycles. The lowest BCUT2D eigenvalue weighted by Gasteiger charge is -2.03. The van der Waals surface area contributed by atoms with Crippen LogP contribution in [0.5, 0.6) is 5.88 Å². The zero-order chi connectivity index (χ0) is 14.0. The molecule has 0 atom stereocenters. The van der Waals surface area contributed by atoms with Crippen molar-refractivity contribution in [1.82, 2.24) is 15.1 Å². The summed E-state index contributed by atoms with van der Waals surface area (Å²) in [5, 5.41) is 6.87. The van der Waals surface area contributed by atoms with E-state index in [4.69, 9.17) is 9.15 Å². The average Bonchev–Trinajstić information content (AvgIpc) is 2.89. The highest BCUT2D eigenvalue weighted by Crippen LogP contribution is 2.16. The molecule has 0 fully saturated rings. The number of furan rings is 1. The van der Waals surface area contributed by atoms with E-state index in [1.807, 2.05) is 19.9 Å². The first-order valence-corrected chi connectivity index (χ1v) is 5.93. The molecule has 0 saturated heterocycles. The second-order valence-electron chi connectivity index (χ2n) is 4.35. The molecule has 0 unspecified atom stereocenters. The third-order valence-electron chi connectivity index (χ3n) is 2.82. The van der Waals surface area contributed by atoms with Gasteiger partial charge in [0.2, 0.25) is 5.88 Å². The van der Waals surface area contributed by atoms with Crippen molar-refractivity contribution in [2.75, 3.05) is 7.11 Å². The van der Waals surface area contributed by atoms with Gasteiger partial charge in [-0.05, 0) is 19.9 Å². The maximum absolute atomic E-state index is 12.1. The predicted octanol–water partition coefficient (Wildman–Crippen LogP) is 1.57. The molecule has 1 N–H and O–H groups in total. The number of nitrogens with zero attached hydrogens (tertiary/aromatic N) is 2. The Hall–Kier alpha value is -2.24. The summed E-state index contributed by atoms with van der Waals surface area (Å²) in [7, 11) is 3.23. The molecule has 1 amide bonds. The maximum atomic E-state index is 12.1. The second kappa shape index (κ2) is 5.17. The lowest BCUT2D eigenvalue weighted by atomic mass is 10.2. The molecule has 0 aliphatic heterocycles. The summed E-state index contributed by atoms with van der Waals surface area (Å²) in [6.07, 6.45) is 1.63. The van der Waals surface area contributed by atoms with Gasteiger partial charge in [0.1, 0.15) is 17.1 Å². The number of amides is 1. The topological polar surface area (TPSA) is 69.3 Å². The summed E-state index contributed by atoms with van der Waals surface area (Å²) < 4.78 is 12.0. The zero-order valence-corrected chi connectivity index (χ0v) is 11.5. The third kappa shape index (κ3) is 2.78. The van der Waals surface area contributed by atoms with Crippen LogP contribution in [0.1, 0.15) is 27.4 Å². The van der Waals surface area contributed by atoms with Crippen LogP contribution in [-0.4, -0.2) is 22.8 Å². The van der Waals surface area contributed by atoms with Crippen molar-refractivity contribution < 1.29 is 13.9 Å². The van der Waals surface area contributed by atoms with Crippen LogP contribution < -0.4 is 10.1 Å². The monoisotopic (exact) mass is 263 g/mol. The number of aryl methyl sites for hydroxylation is 3. The number of hydrogen-bond donors (Lipinski definition) is 1. The van der Waals surface area contributed by atoms with E-state index >= 15 is 0 Å². The summed E-state index contributed by atoms with van der Waals surface area (Å²) in [4.78, 5) is 12.1. The van der Waals surface area contributed by atoms with E-state index in [-0.39, 0.29) is 5.91 Å². The van der Waals surface area contributed by atoms with Gasteiger partial charge >= 0.3 is 0 Å². The smallest absolute Gasteiger partial charge is 0.258 e. The maximum Gasteiger partial charge on any atom is 0.258 e. The quantitative estimate of drug-likeness (QED) is 0.909. The van der Waals surface area contributed by atoms with Crippen molar-refractivity contribution in [3.8, 4) is 5.88 Å². The highest BCUT2D eigenvalue weighted by atomic mass is 16.5. The fourth-order valence-corrected chi connectivity index (χ4v) is 1.90. The highest BCUT2D eigenvalue weighted by molar-refractivity contribution is 5.96. The number of carbonyl (C=O) groups is 1. The predicted molar refractivity (Wildman–Crippen MR) is 69.1 cm³/mol. The number of carbonyl (C=O) groups excluding carboxylic acids is 1. The first-order chi connectivity index (χ1) is 9.01. The summed E-state index contributed by atoms with van der Waals surface area (Å²) in [5.74, 6) is 1.75. The number of nitrogens with one attached hydrogen (secondary N) is 1. The van der Waals surface area contributed by atoms with Gasteiger partial charge < -0.3 is 14.5 Å². The third-order valence-corrected chi connectivity index (χ3v) is 2.82. The Balaban J connectivity index is 2.07. The lowest BCUT2D eigenvalue weighted by Crippen LogP contribution is -2.23. The first kappa shape index (κ1) is 13.2. The SMILES string of the molecule is COc1nn(C)cc1C(=O)NCc1cc(C)oc1C. The van der Waals surface area contributed by atoms with Crippen molar-refractivity contribution in [1.29, 1.82) is 0 Å². The van der Waals surface area contributed by atoms with Crippen LogP contribution in [-0.2, 0) is 13.6 Å². The number of aromatic nitrogens is 2. The largest absolute Gasteiger partial charge is 0.479 e. The number of ether oxygens (including phenoxy) is 1. The van der Waals surface area contributed by atoms with Gasteiger partial charge in [0, 0.05) is 25.4 Å². The molecule has 102 valence electrons. The van der Waals surface area contributed by atoms with E-state index in [2.05, 4.69) is 10.4 Å². The van der Waals surface area contributed by atoms with Crippen molar-refractivity contribution in [3.05, 3.63) is 34.9 Å². The summed E-state index contributed by atoms with van der Waals surface area (Å²) >= 11 is 0. The van der Waals surface area contributed by atoms with Gasteiger partial charge in [-0.1, -0.05) is 0 Å². The summed E-state index contributed by atoms with van der Waals surface area (Å²) in [6.45, 7) is 4.17. The van der Waals surface area contributed by atoms with Gasteiger partial charge in [-0.15, -0.1) is 5.10 Å². The summed E-state index contributed by atoms with van der Waals surface area (Å²) in [6, 6.07) is 1.91. The lowest BCUT2D eigenvalue weighted by molar-refractivity contribution is 0.0947. The Morgan fingerprint density at radius 1 is 1.53 bits per heavy atom. The molecule has 0 bridgehead atoms. The van der Waals surface area contributed by atoms with Crippen molar-refractivity contribution >= 4 is 5.91 Å². The van der Waals surface area contributed by atoms with E-state index in [9.17, 15) is 4.79 Å². The Morgan fingerprint density at radius 3 is 2.84 bits per heavy atom. The molecule has 0 radical (unpaired) electrons. The molecule has 2 aromatic rings. The van der Waals surface area contributed by atoms with Crippen LogP contribution in [0.4, 0.5) is 0 Å². The Kier molecular flexibility index (Phi) is 3.59. The molecule has 0 aromatic carbocycles. The minimum absolute atomic E-state index is 0.219. The van der Waals surface area contributed by atoms with Gasteiger partial charge in [-0.25, -0.2) is 0 Å². The molecule has 0 aliphatic rings. The van der Waals surface area contributed by atoms with Crippen molar-refractivity contribution in [2.24, 2.45) is 7.05 Å². The van der Waals surface area contributed by atoms with E-state index < -0.39 is 0 Å². The van der Waals surface area contributed by atoms with E-state index in [1.54, 1.807) is 17.9 Å². The molecular weight excluding hydrogens is 246 g/mol. The highest BCUT2D eigenvalue weighted by Gasteiger charge is 2.16. The molecule has 19 heavy (non-hydrogen) atoms. The van der Waals surface area contributed by atoms with Crippen LogP contribution in [0.15, 0.2) is 16.7 Å². The van der Waals surface area contributed by atoms with Gasteiger partial charge in [0.15, 0.2) is 0 Å². The molecule has 0 aliphatic carbocycles. The second-order valence-corrected chi connectivity index (χ2v) is 4.35. The normalized spacial score (nSPS) is 10.5. The molecular formula is C13H17N3O3. The summed E-state index contributed by atoms with van der Waals surface area (Å²) in [5.41, 5.74) is 1.39. The van der Waals surface area contributed by atoms with E-state index in [1.165, 1.54) is 7.11 Å². The molecule has 6 nitrogen and oxygen atoms in total. The van der Waals surface area contributed by atoms with E-state index in [0.717, 1.165) is 17.1 Å². The van der Waals surface area contributed by atoms with Crippen LogP contribution in [0.25, 0.3) is 0 Å². The standard InChI is InChI=1S/C13H17N3O3/c1-8-5-10(9(2)19-8)6-14-12(17)11-7-16(3)15-13(11)18-4/h5,7H,6H2,1-4H3,(H,14,17). The molecule has 2 heterocycles. The average molecular weight is 263 g/mol. The molecule has 2 rings (SSSR count). The fraction of sp³-hybridized carbons (Fsp3) is 0.385. The number of hydrogen-bond acceptors (Lipinski definition) is 4.